The van der Waals surface area contributed by atoms with Crippen LogP contribution < -0.4 is 0 Å². The molecule has 1 fully saturated rings. The van der Waals surface area contributed by atoms with E-state index in [0.29, 0.717) is 5.41 Å². The molecule has 0 aromatic heterocycles. The average Bonchev–Trinajstić information content (AvgIpc) is 2.59. The van der Waals surface area contributed by atoms with Crippen molar-refractivity contribution in [2.24, 2.45) is 5.92 Å². The third-order valence-corrected chi connectivity index (χ3v) is 3.62. The molecule has 0 heterocycles. The molecule has 0 nitrogen and oxygen atoms in total. The van der Waals surface area contributed by atoms with Crippen LogP contribution in [0.1, 0.15) is 25.8 Å². The van der Waals surface area contributed by atoms with Gasteiger partial charge < -0.3 is 0 Å². The van der Waals surface area contributed by atoms with Crippen LogP contribution in [-0.2, 0) is 5.41 Å². The molecule has 1 saturated carbocycles. The first-order valence-electron chi connectivity index (χ1n) is 4.49. The predicted molar refractivity (Wildman–Crippen MR) is 57.6 cm³/mol. The van der Waals surface area contributed by atoms with Gasteiger partial charge >= 0.3 is 0 Å². The van der Waals surface area contributed by atoms with Crippen molar-refractivity contribution in [3.05, 3.63) is 33.8 Å². The Balaban J connectivity index is 2.42. The quantitative estimate of drug-likeness (QED) is 0.655. The molecule has 2 heteroatoms. The highest BCUT2D eigenvalue weighted by atomic mass is 35.5. The lowest BCUT2D eigenvalue weighted by atomic mass is 9.96. The van der Waals surface area contributed by atoms with Gasteiger partial charge in [0.1, 0.15) is 0 Å². The molecule has 0 spiro atoms. The number of halogens is 2. The molecule has 2 unspecified atom stereocenters. The van der Waals surface area contributed by atoms with Crippen LogP contribution in [0.15, 0.2) is 18.2 Å². The lowest BCUT2D eigenvalue weighted by molar-refractivity contribution is 0.702. The lowest BCUT2D eigenvalue weighted by Crippen LogP contribution is -2.02. The summed E-state index contributed by atoms with van der Waals surface area (Å²) < 4.78 is 0. The molecule has 0 bridgehead atoms. The van der Waals surface area contributed by atoms with Crippen LogP contribution in [0.2, 0.25) is 10.0 Å². The zero-order chi connectivity index (χ0) is 9.64. The van der Waals surface area contributed by atoms with E-state index in [2.05, 4.69) is 13.8 Å². The summed E-state index contributed by atoms with van der Waals surface area (Å²) in [6.07, 6.45) is 1.24. The fourth-order valence-corrected chi connectivity index (χ4v) is 2.39. The topological polar surface area (TPSA) is 0 Å². The Hall–Kier alpha value is -0.200. The largest absolute Gasteiger partial charge is 0.0843 e. The highest BCUT2D eigenvalue weighted by Gasteiger charge is 2.47. The monoisotopic (exact) mass is 214 g/mol. The summed E-state index contributed by atoms with van der Waals surface area (Å²) in [5.41, 5.74) is 1.59. The Morgan fingerprint density at radius 3 is 2.08 bits per heavy atom. The van der Waals surface area contributed by atoms with Gasteiger partial charge in [0, 0.05) is 10.0 Å². The van der Waals surface area contributed by atoms with E-state index < -0.39 is 0 Å². The number of hydrogen-bond donors (Lipinski definition) is 0. The average molecular weight is 215 g/mol. The first kappa shape index (κ1) is 9.36. The molecular weight excluding hydrogens is 203 g/mol. The molecule has 0 N–H and O–H groups in total. The molecule has 1 aliphatic rings. The van der Waals surface area contributed by atoms with Gasteiger partial charge in [0.25, 0.3) is 0 Å². The summed E-state index contributed by atoms with van der Waals surface area (Å²) in [7, 11) is 0. The molecule has 70 valence electrons. The van der Waals surface area contributed by atoms with Gasteiger partial charge in [-0.3, -0.25) is 0 Å². The standard InChI is InChI=1S/C11H12Cl2/c1-7-6-11(7,2)8-3-9(12)5-10(13)4-8/h3-5,7H,6H2,1-2H3. The molecule has 1 aromatic carbocycles. The van der Waals surface area contributed by atoms with Gasteiger partial charge in [0.2, 0.25) is 0 Å². The molecule has 2 rings (SSSR count). The molecule has 1 aliphatic carbocycles. The highest BCUT2D eigenvalue weighted by molar-refractivity contribution is 6.34. The Morgan fingerprint density at radius 1 is 1.23 bits per heavy atom. The van der Waals surface area contributed by atoms with Crippen LogP contribution in [0, 0.1) is 5.92 Å². The zero-order valence-electron chi connectivity index (χ0n) is 7.77. The minimum Gasteiger partial charge on any atom is -0.0843 e. The third-order valence-electron chi connectivity index (χ3n) is 3.18. The summed E-state index contributed by atoms with van der Waals surface area (Å²) in [5, 5.41) is 1.48. The minimum atomic E-state index is 0.314. The van der Waals surface area contributed by atoms with Crippen LogP contribution in [0.3, 0.4) is 0 Å². The molecular formula is C11H12Cl2. The summed E-state index contributed by atoms with van der Waals surface area (Å²) >= 11 is 11.9. The zero-order valence-corrected chi connectivity index (χ0v) is 9.28. The van der Waals surface area contributed by atoms with Crippen LogP contribution >= 0.6 is 23.2 Å². The van der Waals surface area contributed by atoms with Gasteiger partial charge in [-0.05, 0) is 41.5 Å². The minimum absolute atomic E-state index is 0.314. The Bertz CT molecular complexity index is 326. The molecule has 13 heavy (non-hydrogen) atoms. The first-order valence-corrected chi connectivity index (χ1v) is 5.24. The summed E-state index contributed by atoms with van der Waals surface area (Å²) in [4.78, 5) is 0. The highest BCUT2D eigenvalue weighted by Crippen LogP contribution is 2.54. The SMILES string of the molecule is CC1CC1(C)c1cc(Cl)cc(Cl)c1. The molecule has 0 aliphatic heterocycles. The van der Waals surface area contributed by atoms with Gasteiger partial charge in [-0.1, -0.05) is 37.0 Å². The second-order valence-electron chi connectivity index (χ2n) is 4.18. The van der Waals surface area contributed by atoms with Crippen LogP contribution in [-0.4, -0.2) is 0 Å². The van der Waals surface area contributed by atoms with Crippen molar-refractivity contribution in [1.82, 2.24) is 0 Å². The fraction of sp³-hybridized carbons (Fsp3) is 0.455. The Labute approximate surface area is 88.9 Å². The van der Waals surface area contributed by atoms with Crippen molar-refractivity contribution in [3.63, 3.8) is 0 Å². The molecule has 0 amide bonds. The lowest BCUT2D eigenvalue weighted by Gasteiger charge is -2.11. The van der Waals surface area contributed by atoms with E-state index in [9.17, 15) is 0 Å². The fourth-order valence-electron chi connectivity index (χ4n) is 1.86. The van der Waals surface area contributed by atoms with Gasteiger partial charge in [0.05, 0.1) is 0 Å². The van der Waals surface area contributed by atoms with E-state index in [-0.39, 0.29) is 0 Å². The van der Waals surface area contributed by atoms with Gasteiger partial charge in [-0.25, -0.2) is 0 Å². The number of rotatable bonds is 1. The van der Waals surface area contributed by atoms with E-state index >= 15 is 0 Å². The van der Waals surface area contributed by atoms with Crippen molar-refractivity contribution in [3.8, 4) is 0 Å². The molecule has 2 atom stereocenters. The van der Waals surface area contributed by atoms with Gasteiger partial charge in [-0.2, -0.15) is 0 Å². The van der Waals surface area contributed by atoms with Crippen molar-refractivity contribution < 1.29 is 0 Å². The van der Waals surface area contributed by atoms with Gasteiger partial charge in [-0.15, -0.1) is 0 Å². The third kappa shape index (κ3) is 1.58. The van der Waals surface area contributed by atoms with Crippen LogP contribution in [0.5, 0.6) is 0 Å². The Morgan fingerprint density at radius 2 is 1.69 bits per heavy atom. The van der Waals surface area contributed by atoms with Crippen LogP contribution in [0.25, 0.3) is 0 Å². The molecule has 0 radical (unpaired) electrons. The van der Waals surface area contributed by atoms with Crippen molar-refractivity contribution >= 4 is 23.2 Å². The number of benzene rings is 1. The van der Waals surface area contributed by atoms with Crippen molar-refractivity contribution in [1.29, 1.82) is 0 Å². The van der Waals surface area contributed by atoms with E-state index in [0.717, 1.165) is 16.0 Å². The van der Waals surface area contributed by atoms with E-state index in [1.54, 1.807) is 6.07 Å². The smallest absolute Gasteiger partial charge is 0.0423 e. The van der Waals surface area contributed by atoms with Crippen LogP contribution in [0.4, 0.5) is 0 Å². The second kappa shape index (κ2) is 2.90. The number of hydrogen-bond acceptors (Lipinski definition) is 0. The van der Waals surface area contributed by atoms with Crippen molar-refractivity contribution in [2.75, 3.05) is 0 Å². The summed E-state index contributed by atoms with van der Waals surface area (Å²) in [6.45, 7) is 4.52. The second-order valence-corrected chi connectivity index (χ2v) is 5.05. The predicted octanol–water partition coefficient (Wildman–Crippen LogP) is 4.29. The van der Waals surface area contributed by atoms with Crippen molar-refractivity contribution in [2.45, 2.75) is 25.7 Å². The van der Waals surface area contributed by atoms with E-state index in [1.807, 2.05) is 12.1 Å². The maximum atomic E-state index is 5.95. The summed E-state index contributed by atoms with van der Waals surface area (Å²) in [5.74, 6) is 0.752. The normalized spacial score (nSPS) is 31.8. The van der Waals surface area contributed by atoms with E-state index in [1.165, 1.54) is 12.0 Å². The van der Waals surface area contributed by atoms with Gasteiger partial charge in [0.15, 0.2) is 0 Å². The molecule has 1 aromatic rings. The molecule has 0 saturated heterocycles. The maximum absolute atomic E-state index is 5.95. The van der Waals surface area contributed by atoms with E-state index in [4.69, 9.17) is 23.2 Å². The maximum Gasteiger partial charge on any atom is 0.0423 e. The first-order chi connectivity index (χ1) is 6.02. The summed E-state index contributed by atoms with van der Waals surface area (Å²) in [6, 6.07) is 5.83. The Kier molecular flexibility index (Phi) is 2.08.